The standard InChI is InChI=1S/C19H22N4O2S3/c1-22(10-14-6-9-26-12-14)17(24)13-28-19-21-20-18(16-5-3-8-27-16)23(19)11-15-4-2-7-25-15/h3,5-6,8-9,12,15H,2,4,7,10-11,13H2,1H3. The van der Waals surface area contributed by atoms with Crippen LogP contribution in [0.4, 0.5) is 0 Å². The summed E-state index contributed by atoms with van der Waals surface area (Å²) in [6, 6.07) is 6.11. The van der Waals surface area contributed by atoms with Gasteiger partial charge >= 0.3 is 0 Å². The number of thioether (sulfide) groups is 1. The first-order valence-corrected chi connectivity index (χ1v) is 12.0. The summed E-state index contributed by atoms with van der Waals surface area (Å²) in [5.74, 6) is 1.28. The van der Waals surface area contributed by atoms with E-state index in [1.54, 1.807) is 27.6 Å². The minimum Gasteiger partial charge on any atom is -0.376 e. The lowest BCUT2D eigenvalue weighted by Crippen LogP contribution is -2.27. The van der Waals surface area contributed by atoms with Crippen LogP contribution in [-0.4, -0.2) is 51.1 Å². The SMILES string of the molecule is CN(Cc1ccsc1)C(=O)CSc1nnc(-c2cccs2)n1CC1CCCO1. The Labute approximate surface area is 176 Å². The lowest BCUT2D eigenvalue weighted by Gasteiger charge is -2.17. The molecule has 1 amide bonds. The Balaban J connectivity index is 1.45. The molecule has 4 heterocycles. The van der Waals surface area contributed by atoms with Crippen LogP contribution in [0.2, 0.25) is 0 Å². The van der Waals surface area contributed by atoms with Gasteiger partial charge in [0.2, 0.25) is 5.91 Å². The van der Waals surface area contributed by atoms with Gasteiger partial charge in [-0.2, -0.15) is 11.3 Å². The van der Waals surface area contributed by atoms with Crippen molar-refractivity contribution < 1.29 is 9.53 Å². The van der Waals surface area contributed by atoms with E-state index >= 15 is 0 Å². The Morgan fingerprint density at radius 2 is 2.32 bits per heavy atom. The van der Waals surface area contributed by atoms with Crippen molar-refractivity contribution in [2.45, 2.75) is 37.2 Å². The maximum absolute atomic E-state index is 12.6. The molecule has 1 fully saturated rings. The van der Waals surface area contributed by atoms with Crippen LogP contribution in [-0.2, 0) is 22.6 Å². The van der Waals surface area contributed by atoms with E-state index in [2.05, 4.69) is 26.2 Å². The van der Waals surface area contributed by atoms with Crippen LogP contribution in [0.15, 0.2) is 39.5 Å². The van der Waals surface area contributed by atoms with Gasteiger partial charge in [0.1, 0.15) is 0 Å². The molecule has 1 aliphatic heterocycles. The molecule has 9 heteroatoms. The number of carbonyl (C=O) groups excluding carboxylic acids is 1. The van der Waals surface area contributed by atoms with Gasteiger partial charge < -0.3 is 9.64 Å². The van der Waals surface area contributed by atoms with Crippen molar-refractivity contribution in [3.8, 4) is 10.7 Å². The smallest absolute Gasteiger partial charge is 0.233 e. The van der Waals surface area contributed by atoms with Crippen LogP contribution < -0.4 is 0 Å². The molecule has 1 atom stereocenters. The molecular weight excluding hydrogens is 412 g/mol. The van der Waals surface area contributed by atoms with Crippen molar-refractivity contribution in [2.75, 3.05) is 19.4 Å². The van der Waals surface area contributed by atoms with Gasteiger partial charge in [0, 0.05) is 20.2 Å². The summed E-state index contributed by atoms with van der Waals surface area (Å²) < 4.78 is 7.93. The zero-order valence-corrected chi connectivity index (χ0v) is 18.1. The van der Waals surface area contributed by atoms with Crippen molar-refractivity contribution >= 4 is 40.3 Å². The molecule has 0 saturated carbocycles. The number of thiophene rings is 2. The minimum atomic E-state index is 0.0838. The van der Waals surface area contributed by atoms with Crippen LogP contribution >= 0.6 is 34.4 Å². The molecule has 3 aromatic rings. The third-order valence-corrected chi connectivity index (χ3v) is 7.17. The molecule has 148 valence electrons. The third kappa shape index (κ3) is 4.65. The highest BCUT2D eigenvalue weighted by molar-refractivity contribution is 7.99. The summed E-state index contributed by atoms with van der Waals surface area (Å²) in [5, 5.41) is 15.7. The van der Waals surface area contributed by atoms with E-state index in [1.807, 2.05) is 29.9 Å². The van der Waals surface area contributed by atoms with E-state index < -0.39 is 0 Å². The molecule has 1 unspecified atom stereocenters. The zero-order chi connectivity index (χ0) is 19.3. The molecule has 6 nitrogen and oxygen atoms in total. The normalized spacial score (nSPS) is 16.5. The summed E-state index contributed by atoms with van der Waals surface area (Å²) in [4.78, 5) is 15.4. The van der Waals surface area contributed by atoms with Crippen molar-refractivity contribution in [3.63, 3.8) is 0 Å². The molecule has 0 aliphatic carbocycles. The monoisotopic (exact) mass is 434 g/mol. The van der Waals surface area contributed by atoms with E-state index in [1.165, 1.54) is 11.8 Å². The average molecular weight is 435 g/mol. The van der Waals surface area contributed by atoms with E-state index in [4.69, 9.17) is 4.74 Å². The first kappa shape index (κ1) is 19.6. The number of nitrogens with zero attached hydrogens (tertiary/aromatic N) is 4. The summed E-state index contributed by atoms with van der Waals surface area (Å²) in [6.07, 6.45) is 2.33. The Morgan fingerprint density at radius 1 is 1.39 bits per heavy atom. The highest BCUT2D eigenvalue weighted by Crippen LogP contribution is 2.29. The van der Waals surface area contributed by atoms with E-state index in [-0.39, 0.29) is 12.0 Å². The van der Waals surface area contributed by atoms with Gasteiger partial charge in [-0.1, -0.05) is 17.8 Å². The van der Waals surface area contributed by atoms with Gasteiger partial charge in [-0.05, 0) is 46.7 Å². The first-order chi connectivity index (χ1) is 13.7. The van der Waals surface area contributed by atoms with Gasteiger partial charge in [-0.3, -0.25) is 9.36 Å². The lowest BCUT2D eigenvalue weighted by molar-refractivity contribution is -0.127. The van der Waals surface area contributed by atoms with Crippen molar-refractivity contribution in [2.24, 2.45) is 0 Å². The molecular formula is C19H22N4O2S3. The van der Waals surface area contributed by atoms with Gasteiger partial charge in [0.25, 0.3) is 0 Å². The van der Waals surface area contributed by atoms with Crippen LogP contribution in [0, 0.1) is 0 Å². The summed E-state index contributed by atoms with van der Waals surface area (Å²) in [5.41, 5.74) is 1.16. The van der Waals surface area contributed by atoms with Crippen LogP contribution in [0.1, 0.15) is 18.4 Å². The number of amides is 1. The molecule has 4 rings (SSSR count). The second-order valence-corrected chi connectivity index (χ2v) is 9.37. The maximum atomic E-state index is 12.6. The Morgan fingerprint density at radius 3 is 3.04 bits per heavy atom. The number of rotatable bonds is 8. The highest BCUT2D eigenvalue weighted by Gasteiger charge is 2.23. The molecule has 0 aromatic carbocycles. The molecule has 3 aromatic heterocycles. The predicted octanol–water partition coefficient (Wildman–Crippen LogP) is 4.00. The average Bonchev–Trinajstić information content (AvgIpc) is 3.47. The van der Waals surface area contributed by atoms with Gasteiger partial charge in [0.15, 0.2) is 11.0 Å². The molecule has 0 N–H and O–H groups in total. The number of hydrogen-bond acceptors (Lipinski definition) is 7. The lowest BCUT2D eigenvalue weighted by atomic mass is 10.2. The number of ether oxygens (including phenoxy) is 1. The fourth-order valence-corrected chi connectivity index (χ4v) is 5.39. The molecule has 28 heavy (non-hydrogen) atoms. The van der Waals surface area contributed by atoms with Crippen LogP contribution in [0.5, 0.6) is 0 Å². The fourth-order valence-electron chi connectivity index (χ4n) is 3.12. The quantitative estimate of drug-likeness (QED) is 0.502. The predicted molar refractivity (Wildman–Crippen MR) is 114 cm³/mol. The number of carbonyl (C=O) groups is 1. The van der Waals surface area contributed by atoms with Gasteiger partial charge in [0.05, 0.1) is 23.3 Å². The maximum Gasteiger partial charge on any atom is 0.233 e. The molecule has 0 bridgehead atoms. The van der Waals surface area contributed by atoms with Crippen LogP contribution in [0.25, 0.3) is 10.7 Å². The molecule has 0 spiro atoms. The van der Waals surface area contributed by atoms with Crippen LogP contribution in [0.3, 0.4) is 0 Å². The molecule has 1 saturated heterocycles. The zero-order valence-electron chi connectivity index (χ0n) is 15.6. The number of hydrogen-bond donors (Lipinski definition) is 0. The second kappa shape index (κ2) is 9.21. The van der Waals surface area contributed by atoms with Gasteiger partial charge in [-0.25, -0.2) is 0 Å². The van der Waals surface area contributed by atoms with Crippen molar-refractivity contribution in [1.82, 2.24) is 19.7 Å². The first-order valence-electron chi connectivity index (χ1n) is 9.17. The van der Waals surface area contributed by atoms with E-state index in [9.17, 15) is 4.79 Å². The highest BCUT2D eigenvalue weighted by atomic mass is 32.2. The molecule has 0 radical (unpaired) electrons. The van der Waals surface area contributed by atoms with E-state index in [0.717, 1.165) is 47.4 Å². The number of aromatic nitrogens is 3. The fraction of sp³-hybridized carbons (Fsp3) is 0.421. The topological polar surface area (TPSA) is 60.2 Å². The minimum absolute atomic E-state index is 0.0838. The Kier molecular flexibility index (Phi) is 6.46. The van der Waals surface area contributed by atoms with Gasteiger partial charge in [-0.15, -0.1) is 21.5 Å². The second-order valence-electron chi connectivity index (χ2n) is 6.70. The van der Waals surface area contributed by atoms with Crippen molar-refractivity contribution in [3.05, 3.63) is 39.9 Å². The summed E-state index contributed by atoms with van der Waals surface area (Å²) in [6.45, 7) is 2.17. The summed E-state index contributed by atoms with van der Waals surface area (Å²) >= 11 is 4.74. The Bertz CT molecular complexity index is 887. The largest absolute Gasteiger partial charge is 0.376 e. The Hall–Kier alpha value is -1.68. The molecule has 1 aliphatic rings. The third-order valence-electron chi connectivity index (χ3n) is 4.62. The van der Waals surface area contributed by atoms with E-state index in [0.29, 0.717) is 12.3 Å². The summed E-state index contributed by atoms with van der Waals surface area (Å²) in [7, 11) is 1.84. The van der Waals surface area contributed by atoms with Crippen molar-refractivity contribution in [1.29, 1.82) is 0 Å².